The molecule has 3 rings (SSSR count). The summed E-state index contributed by atoms with van der Waals surface area (Å²) in [5.41, 5.74) is 1.26. The Kier molecular flexibility index (Phi) is 4.51. The number of fused-ring (bicyclic) bond motifs is 1. The van der Waals surface area contributed by atoms with Gasteiger partial charge in [-0.3, -0.25) is 0 Å². The molecule has 2 heterocycles. The van der Waals surface area contributed by atoms with Crippen molar-refractivity contribution in [1.82, 2.24) is 15.5 Å². The van der Waals surface area contributed by atoms with E-state index in [-0.39, 0.29) is 6.10 Å². The number of hydrogen-bond acceptors (Lipinski definition) is 5. The van der Waals surface area contributed by atoms with Crippen LogP contribution in [0.1, 0.15) is 42.0 Å². The van der Waals surface area contributed by atoms with E-state index in [1.807, 2.05) is 12.1 Å². The van der Waals surface area contributed by atoms with E-state index in [1.165, 1.54) is 5.56 Å². The molecule has 1 aliphatic heterocycles. The van der Waals surface area contributed by atoms with Crippen LogP contribution in [0.2, 0.25) is 0 Å². The van der Waals surface area contributed by atoms with Crippen LogP contribution in [-0.2, 0) is 12.8 Å². The van der Waals surface area contributed by atoms with Gasteiger partial charge in [-0.25, -0.2) is 0 Å². The van der Waals surface area contributed by atoms with Gasteiger partial charge < -0.3 is 10.1 Å². The van der Waals surface area contributed by atoms with E-state index in [0.29, 0.717) is 6.04 Å². The molecule has 112 valence electrons. The number of rotatable bonds is 6. The van der Waals surface area contributed by atoms with Crippen LogP contribution in [0.25, 0.3) is 0 Å². The van der Waals surface area contributed by atoms with Crippen LogP contribution in [0.4, 0.5) is 0 Å². The van der Waals surface area contributed by atoms with E-state index in [2.05, 4.69) is 41.5 Å². The maximum atomic E-state index is 5.96. The molecule has 2 aromatic rings. The fourth-order valence-corrected chi connectivity index (χ4v) is 3.36. The van der Waals surface area contributed by atoms with Gasteiger partial charge in [-0.2, -0.15) is 0 Å². The van der Waals surface area contributed by atoms with Crippen molar-refractivity contribution in [3.05, 3.63) is 39.8 Å². The maximum absolute atomic E-state index is 5.96. The number of aryl methyl sites for hydroxylation is 1. The van der Waals surface area contributed by atoms with Crippen molar-refractivity contribution in [2.45, 2.75) is 45.3 Å². The number of aromatic nitrogens is 2. The highest BCUT2D eigenvalue weighted by atomic mass is 32.1. The Balaban J connectivity index is 1.54. The second kappa shape index (κ2) is 6.54. The molecule has 0 aliphatic carbocycles. The molecular formula is C16H21N3OS. The summed E-state index contributed by atoms with van der Waals surface area (Å²) in [5.74, 6) is 0.986. The molecule has 1 aromatic carbocycles. The van der Waals surface area contributed by atoms with Crippen molar-refractivity contribution in [2.24, 2.45) is 0 Å². The molecule has 0 saturated carbocycles. The number of nitrogens with zero attached hydrogens (tertiary/aromatic N) is 2. The molecule has 0 amide bonds. The van der Waals surface area contributed by atoms with Crippen LogP contribution in [0, 0.1) is 0 Å². The zero-order chi connectivity index (χ0) is 14.7. The molecule has 1 N–H and O–H groups in total. The smallest absolute Gasteiger partial charge is 0.158 e. The Morgan fingerprint density at radius 2 is 2.19 bits per heavy atom. The van der Waals surface area contributed by atoms with Gasteiger partial charge in [-0.15, -0.1) is 10.2 Å². The summed E-state index contributed by atoms with van der Waals surface area (Å²) in [6.07, 6.45) is 3.03. The van der Waals surface area contributed by atoms with Crippen LogP contribution in [0.5, 0.6) is 5.75 Å². The highest BCUT2D eigenvalue weighted by Crippen LogP contribution is 2.37. The van der Waals surface area contributed by atoms with Crippen LogP contribution < -0.4 is 10.1 Å². The third kappa shape index (κ3) is 3.60. The van der Waals surface area contributed by atoms with Gasteiger partial charge in [0.25, 0.3) is 0 Å². The zero-order valence-corrected chi connectivity index (χ0v) is 13.3. The normalized spacial score (nSPS) is 17.0. The van der Waals surface area contributed by atoms with Gasteiger partial charge >= 0.3 is 0 Å². The zero-order valence-electron chi connectivity index (χ0n) is 12.5. The summed E-state index contributed by atoms with van der Waals surface area (Å²) < 4.78 is 5.96. The third-order valence-corrected chi connectivity index (χ3v) is 4.60. The molecule has 0 fully saturated rings. The van der Waals surface area contributed by atoms with E-state index in [9.17, 15) is 0 Å². The Morgan fingerprint density at radius 1 is 1.33 bits per heavy atom. The molecule has 0 saturated heterocycles. The molecule has 0 bridgehead atoms. The SMILES string of the molecule is CC(C)NCCCc1nnc(C2Cc3ccccc3O2)s1. The fraction of sp³-hybridized carbons (Fsp3) is 0.500. The van der Waals surface area contributed by atoms with Crippen molar-refractivity contribution in [1.29, 1.82) is 0 Å². The molecule has 0 spiro atoms. The maximum Gasteiger partial charge on any atom is 0.158 e. The first-order chi connectivity index (χ1) is 10.2. The number of ether oxygens (including phenoxy) is 1. The quantitative estimate of drug-likeness (QED) is 0.833. The van der Waals surface area contributed by atoms with Crippen molar-refractivity contribution in [3.8, 4) is 5.75 Å². The lowest BCUT2D eigenvalue weighted by Crippen LogP contribution is -2.23. The lowest BCUT2D eigenvalue weighted by molar-refractivity contribution is 0.237. The van der Waals surface area contributed by atoms with Crippen molar-refractivity contribution in [3.63, 3.8) is 0 Å². The minimum Gasteiger partial charge on any atom is -0.483 e. The minimum atomic E-state index is 0.0439. The third-order valence-electron chi connectivity index (χ3n) is 3.53. The van der Waals surface area contributed by atoms with E-state index in [4.69, 9.17) is 4.74 Å². The van der Waals surface area contributed by atoms with E-state index >= 15 is 0 Å². The summed E-state index contributed by atoms with van der Waals surface area (Å²) in [5, 5.41) is 14.1. The van der Waals surface area contributed by atoms with Gasteiger partial charge in [-0.1, -0.05) is 43.4 Å². The first-order valence-corrected chi connectivity index (χ1v) is 8.34. The van der Waals surface area contributed by atoms with Crippen LogP contribution in [-0.4, -0.2) is 22.8 Å². The van der Waals surface area contributed by atoms with Crippen LogP contribution in [0.15, 0.2) is 24.3 Å². The Hall–Kier alpha value is -1.46. The lowest BCUT2D eigenvalue weighted by Gasteiger charge is -2.06. The number of nitrogens with one attached hydrogen (secondary N) is 1. The monoisotopic (exact) mass is 303 g/mol. The number of hydrogen-bond donors (Lipinski definition) is 1. The fourth-order valence-electron chi connectivity index (χ4n) is 2.45. The molecule has 21 heavy (non-hydrogen) atoms. The molecule has 1 unspecified atom stereocenters. The van der Waals surface area contributed by atoms with Crippen molar-refractivity contribution >= 4 is 11.3 Å². The Bertz CT molecular complexity index is 572. The molecular weight excluding hydrogens is 282 g/mol. The number of benzene rings is 1. The van der Waals surface area contributed by atoms with Crippen LogP contribution >= 0.6 is 11.3 Å². The highest BCUT2D eigenvalue weighted by Gasteiger charge is 2.26. The van der Waals surface area contributed by atoms with E-state index in [1.54, 1.807) is 11.3 Å². The second-order valence-corrected chi connectivity index (χ2v) is 6.76. The van der Waals surface area contributed by atoms with E-state index in [0.717, 1.165) is 41.6 Å². The summed E-state index contributed by atoms with van der Waals surface area (Å²) in [4.78, 5) is 0. The average Bonchev–Trinajstić information content (AvgIpc) is 3.09. The van der Waals surface area contributed by atoms with Crippen molar-refractivity contribution < 1.29 is 4.74 Å². The summed E-state index contributed by atoms with van der Waals surface area (Å²) in [6, 6.07) is 8.75. The summed E-state index contributed by atoms with van der Waals surface area (Å²) in [6.45, 7) is 5.36. The molecule has 0 radical (unpaired) electrons. The standard InChI is InChI=1S/C16H21N3OS/c1-11(2)17-9-5-8-15-18-19-16(21-15)14-10-12-6-3-4-7-13(12)20-14/h3-4,6-7,11,14,17H,5,8-10H2,1-2H3. The topological polar surface area (TPSA) is 47.0 Å². The lowest BCUT2D eigenvalue weighted by atomic mass is 10.1. The van der Waals surface area contributed by atoms with E-state index < -0.39 is 0 Å². The summed E-state index contributed by atoms with van der Waals surface area (Å²) in [7, 11) is 0. The molecule has 4 nitrogen and oxygen atoms in total. The van der Waals surface area contributed by atoms with Gasteiger partial charge in [0, 0.05) is 18.9 Å². The minimum absolute atomic E-state index is 0.0439. The molecule has 1 atom stereocenters. The first kappa shape index (κ1) is 14.5. The second-order valence-electron chi connectivity index (χ2n) is 5.66. The molecule has 1 aromatic heterocycles. The van der Waals surface area contributed by atoms with Crippen LogP contribution in [0.3, 0.4) is 0 Å². The molecule has 1 aliphatic rings. The first-order valence-electron chi connectivity index (χ1n) is 7.52. The van der Waals surface area contributed by atoms with Gasteiger partial charge in [0.1, 0.15) is 10.8 Å². The van der Waals surface area contributed by atoms with Gasteiger partial charge in [0.15, 0.2) is 11.1 Å². The van der Waals surface area contributed by atoms with Gasteiger partial charge in [-0.05, 0) is 24.6 Å². The Labute approximate surface area is 129 Å². The van der Waals surface area contributed by atoms with Gasteiger partial charge in [0.2, 0.25) is 0 Å². The summed E-state index contributed by atoms with van der Waals surface area (Å²) >= 11 is 1.68. The molecule has 5 heteroatoms. The predicted octanol–water partition coefficient (Wildman–Crippen LogP) is 3.14. The average molecular weight is 303 g/mol. The van der Waals surface area contributed by atoms with Crippen molar-refractivity contribution in [2.75, 3.05) is 6.54 Å². The number of para-hydroxylation sites is 1. The largest absolute Gasteiger partial charge is 0.483 e. The Morgan fingerprint density at radius 3 is 3.00 bits per heavy atom. The highest BCUT2D eigenvalue weighted by molar-refractivity contribution is 7.11. The van der Waals surface area contributed by atoms with Gasteiger partial charge in [0.05, 0.1) is 0 Å². The predicted molar refractivity (Wildman–Crippen MR) is 84.9 cm³/mol.